The monoisotopic (exact) mass is 297 g/mol. The van der Waals surface area contributed by atoms with Crippen LogP contribution in [0.15, 0.2) is 35.3 Å². The number of carbonyl (C=O) groups excluding carboxylic acids is 1. The first-order valence-electron chi connectivity index (χ1n) is 5.77. The highest BCUT2D eigenvalue weighted by Gasteiger charge is 2.14. The summed E-state index contributed by atoms with van der Waals surface area (Å²) in [5.41, 5.74) is 4.44. The fourth-order valence-corrected chi connectivity index (χ4v) is 1.67. The lowest BCUT2D eigenvalue weighted by Gasteiger charge is -2.09. The molecule has 0 unspecified atom stereocenters. The number of anilines is 2. The standard InChI is InChI=1S/C13H10F3N3O2/c14-7-3-9(15)13(10(16)4-7)18-11(20)6-19-5-8(17)1-2-12(19)21/h1-5H,6,17H2,(H,18,20). The normalized spacial score (nSPS) is 10.4. The van der Waals surface area contributed by atoms with Crippen LogP contribution in [0.5, 0.6) is 0 Å². The van der Waals surface area contributed by atoms with Crippen LogP contribution in [0.25, 0.3) is 0 Å². The van der Waals surface area contributed by atoms with Crippen molar-refractivity contribution in [1.29, 1.82) is 0 Å². The lowest BCUT2D eigenvalue weighted by atomic mass is 10.2. The molecule has 1 heterocycles. The molecule has 0 aliphatic heterocycles. The number of nitrogens with one attached hydrogen (secondary N) is 1. The van der Waals surface area contributed by atoms with Crippen LogP contribution in [0, 0.1) is 17.5 Å². The van der Waals surface area contributed by atoms with E-state index in [2.05, 4.69) is 0 Å². The minimum absolute atomic E-state index is 0.251. The van der Waals surface area contributed by atoms with Gasteiger partial charge in [-0.2, -0.15) is 0 Å². The van der Waals surface area contributed by atoms with Crippen molar-refractivity contribution in [3.8, 4) is 0 Å². The van der Waals surface area contributed by atoms with Crippen molar-refractivity contribution in [2.75, 3.05) is 11.1 Å². The third-order valence-electron chi connectivity index (χ3n) is 2.59. The molecule has 0 saturated carbocycles. The molecule has 3 N–H and O–H groups in total. The number of nitrogen functional groups attached to an aromatic ring is 1. The van der Waals surface area contributed by atoms with Gasteiger partial charge < -0.3 is 15.6 Å². The van der Waals surface area contributed by atoms with E-state index in [1.165, 1.54) is 12.3 Å². The molecule has 0 aliphatic rings. The SMILES string of the molecule is Nc1ccc(=O)n(CC(=O)Nc2c(F)cc(F)cc2F)c1. The number of pyridine rings is 1. The van der Waals surface area contributed by atoms with Gasteiger partial charge in [-0.25, -0.2) is 13.2 Å². The Kier molecular flexibility index (Phi) is 3.97. The number of rotatable bonds is 3. The van der Waals surface area contributed by atoms with Crippen molar-refractivity contribution in [3.05, 3.63) is 58.3 Å². The molecule has 0 bridgehead atoms. The second-order valence-electron chi connectivity index (χ2n) is 4.22. The van der Waals surface area contributed by atoms with Gasteiger partial charge in [-0.1, -0.05) is 0 Å². The first kappa shape index (κ1) is 14.6. The second kappa shape index (κ2) is 5.70. The number of nitrogens with two attached hydrogens (primary N) is 1. The second-order valence-corrected chi connectivity index (χ2v) is 4.22. The average molecular weight is 297 g/mol. The van der Waals surface area contributed by atoms with Crippen molar-refractivity contribution >= 4 is 17.3 Å². The van der Waals surface area contributed by atoms with Crippen molar-refractivity contribution in [2.24, 2.45) is 0 Å². The maximum absolute atomic E-state index is 13.4. The van der Waals surface area contributed by atoms with E-state index in [0.29, 0.717) is 12.1 Å². The zero-order valence-electron chi connectivity index (χ0n) is 10.6. The summed E-state index contributed by atoms with van der Waals surface area (Å²) < 4.78 is 40.5. The molecule has 2 aromatic rings. The smallest absolute Gasteiger partial charge is 0.251 e. The Balaban J connectivity index is 2.19. The molecule has 21 heavy (non-hydrogen) atoms. The molecule has 0 spiro atoms. The summed E-state index contributed by atoms with van der Waals surface area (Å²) in [4.78, 5) is 23.2. The van der Waals surface area contributed by atoms with E-state index in [-0.39, 0.29) is 5.69 Å². The van der Waals surface area contributed by atoms with Gasteiger partial charge in [0.05, 0.1) is 0 Å². The summed E-state index contributed by atoms with van der Waals surface area (Å²) in [7, 11) is 0. The molecule has 0 aliphatic carbocycles. The predicted molar refractivity (Wildman–Crippen MR) is 70.1 cm³/mol. The Labute approximate surface area is 116 Å². The van der Waals surface area contributed by atoms with Crippen LogP contribution in [0.1, 0.15) is 0 Å². The average Bonchev–Trinajstić information content (AvgIpc) is 2.38. The minimum atomic E-state index is -1.25. The fraction of sp³-hybridized carbons (Fsp3) is 0.0769. The van der Waals surface area contributed by atoms with Gasteiger partial charge in [0.25, 0.3) is 5.56 Å². The Morgan fingerprint density at radius 1 is 1.19 bits per heavy atom. The number of halogens is 3. The summed E-state index contributed by atoms with van der Waals surface area (Å²) in [6.45, 7) is -0.486. The summed E-state index contributed by atoms with van der Waals surface area (Å²) in [5, 5.41) is 1.94. The first-order chi connectivity index (χ1) is 9.86. The lowest BCUT2D eigenvalue weighted by molar-refractivity contribution is -0.116. The summed E-state index contributed by atoms with van der Waals surface area (Å²) in [6, 6.07) is 3.38. The van der Waals surface area contributed by atoms with Crippen LogP contribution in [0.4, 0.5) is 24.5 Å². The van der Waals surface area contributed by atoms with E-state index >= 15 is 0 Å². The maximum Gasteiger partial charge on any atom is 0.251 e. The first-order valence-corrected chi connectivity index (χ1v) is 5.77. The number of hydrogen-bond acceptors (Lipinski definition) is 3. The predicted octanol–water partition coefficient (Wildman–Crippen LogP) is 1.49. The number of amides is 1. The highest BCUT2D eigenvalue weighted by molar-refractivity contribution is 5.90. The van der Waals surface area contributed by atoms with Crippen molar-refractivity contribution < 1.29 is 18.0 Å². The molecule has 1 aromatic heterocycles. The van der Waals surface area contributed by atoms with Crippen LogP contribution in [0.2, 0.25) is 0 Å². The number of benzene rings is 1. The molecule has 0 radical (unpaired) electrons. The zero-order valence-corrected chi connectivity index (χ0v) is 10.6. The maximum atomic E-state index is 13.4. The summed E-state index contributed by atoms with van der Waals surface area (Å²) >= 11 is 0. The number of nitrogens with zero attached hydrogens (tertiary/aromatic N) is 1. The quantitative estimate of drug-likeness (QED) is 0.901. The van der Waals surface area contributed by atoms with Crippen molar-refractivity contribution in [2.45, 2.75) is 6.54 Å². The number of aromatic nitrogens is 1. The molecular formula is C13H10F3N3O2. The Bertz CT molecular complexity index is 736. The highest BCUT2D eigenvalue weighted by Crippen LogP contribution is 2.20. The molecule has 0 fully saturated rings. The van der Waals surface area contributed by atoms with E-state index in [1.807, 2.05) is 5.32 Å². The fourth-order valence-electron chi connectivity index (χ4n) is 1.67. The minimum Gasteiger partial charge on any atom is -0.398 e. The van der Waals surface area contributed by atoms with Crippen LogP contribution in [-0.2, 0) is 11.3 Å². The lowest BCUT2D eigenvalue weighted by Crippen LogP contribution is -2.27. The molecule has 0 atom stereocenters. The van der Waals surface area contributed by atoms with Crippen molar-refractivity contribution in [1.82, 2.24) is 4.57 Å². The Morgan fingerprint density at radius 2 is 1.81 bits per heavy atom. The van der Waals surface area contributed by atoms with Gasteiger partial charge in [-0.15, -0.1) is 0 Å². The molecule has 1 aromatic carbocycles. The molecule has 8 heteroatoms. The van der Waals surface area contributed by atoms with Crippen molar-refractivity contribution in [3.63, 3.8) is 0 Å². The van der Waals surface area contributed by atoms with Gasteiger partial charge in [0.2, 0.25) is 5.91 Å². The van der Waals surface area contributed by atoms with Gasteiger partial charge in [-0.05, 0) is 6.07 Å². The summed E-state index contributed by atoms with van der Waals surface area (Å²) in [6.07, 6.45) is 1.22. The van der Waals surface area contributed by atoms with E-state index < -0.39 is 41.2 Å². The largest absolute Gasteiger partial charge is 0.398 e. The van der Waals surface area contributed by atoms with Crippen LogP contribution < -0.4 is 16.6 Å². The third kappa shape index (κ3) is 3.41. The van der Waals surface area contributed by atoms with Gasteiger partial charge in [-0.3, -0.25) is 9.59 Å². The molecule has 0 saturated heterocycles. The number of carbonyl (C=O) groups is 1. The van der Waals surface area contributed by atoms with Crippen LogP contribution in [0.3, 0.4) is 0 Å². The molecule has 1 amide bonds. The van der Waals surface area contributed by atoms with Crippen LogP contribution in [-0.4, -0.2) is 10.5 Å². The topological polar surface area (TPSA) is 77.1 Å². The third-order valence-corrected chi connectivity index (χ3v) is 2.59. The van der Waals surface area contributed by atoms with E-state index in [0.717, 1.165) is 10.6 Å². The molecule has 5 nitrogen and oxygen atoms in total. The van der Waals surface area contributed by atoms with Gasteiger partial charge in [0.15, 0.2) is 11.6 Å². The molecule has 2 rings (SSSR count). The molecular weight excluding hydrogens is 287 g/mol. The van der Waals surface area contributed by atoms with E-state index in [4.69, 9.17) is 5.73 Å². The van der Waals surface area contributed by atoms with Crippen LogP contribution >= 0.6 is 0 Å². The van der Waals surface area contributed by atoms with E-state index in [9.17, 15) is 22.8 Å². The summed E-state index contributed by atoms with van der Waals surface area (Å²) in [5.74, 6) is -4.45. The highest BCUT2D eigenvalue weighted by atomic mass is 19.1. The zero-order chi connectivity index (χ0) is 15.6. The Hall–Kier alpha value is -2.77. The van der Waals surface area contributed by atoms with Gasteiger partial charge >= 0.3 is 0 Å². The molecule has 110 valence electrons. The number of hydrogen-bond donors (Lipinski definition) is 2. The van der Waals surface area contributed by atoms with Gasteiger partial charge in [0.1, 0.15) is 18.0 Å². The van der Waals surface area contributed by atoms with Gasteiger partial charge in [0, 0.05) is 30.1 Å². The van der Waals surface area contributed by atoms with E-state index in [1.54, 1.807) is 0 Å². The Morgan fingerprint density at radius 3 is 2.43 bits per heavy atom.